The van der Waals surface area contributed by atoms with E-state index in [1.807, 2.05) is 33.3 Å². The van der Waals surface area contributed by atoms with Crippen LogP contribution in [0.15, 0.2) is 60.8 Å². The minimum Gasteiger partial charge on any atom is -0.756 e. The van der Waals surface area contributed by atoms with Gasteiger partial charge >= 0.3 is 5.97 Å². The Hall–Kier alpha value is -2.29. The van der Waals surface area contributed by atoms with E-state index in [0.29, 0.717) is 23.9 Å². The summed E-state index contributed by atoms with van der Waals surface area (Å²) in [7, 11) is 1.18. The second-order valence-corrected chi connectivity index (χ2v) is 27.5. The third kappa shape index (κ3) is 66.0. The Labute approximate surface area is 528 Å². The molecule has 85 heavy (non-hydrogen) atoms. The van der Waals surface area contributed by atoms with Gasteiger partial charge in [-0.2, -0.15) is 0 Å². The molecule has 3 atom stereocenters. The van der Waals surface area contributed by atoms with E-state index in [1.165, 1.54) is 238 Å². The molecule has 0 bridgehead atoms. The molecule has 0 aromatic heterocycles. The highest BCUT2D eigenvalue weighted by Gasteiger charge is 2.27. The number of rotatable bonds is 67. The molecule has 0 aromatic carbocycles. The highest BCUT2D eigenvalue weighted by molar-refractivity contribution is 7.45. The van der Waals surface area contributed by atoms with Crippen molar-refractivity contribution in [2.24, 2.45) is 0 Å². The quantitative estimate of drug-likeness (QED) is 0.0212. The van der Waals surface area contributed by atoms with Crippen LogP contribution in [0, 0.1) is 0 Å². The molecule has 0 heterocycles. The number of ether oxygens (including phenoxy) is 1. The van der Waals surface area contributed by atoms with E-state index in [1.54, 1.807) is 0 Å². The second kappa shape index (κ2) is 64.7. The number of hydrogen-bond donors (Lipinski definition) is 1. The Bertz CT molecular complexity index is 1640. The van der Waals surface area contributed by atoms with Crippen molar-refractivity contribution in [3.8, 4) is 0 Å². The summed E-state index contributed by atoms with van der Waals surface area (Å²) in [6.45, 7) is 6.85. The number of allylic oxidation sites excluding steroid dienone is 9. The fourth-order valence-electron chi connectivity index (χ4n) is 10.8. The van der Waals surface area contributed by atoms with Gasteiger partial charge in [0.1, 0.15) is 19.3 Å². The molecule has 1 amide bonds. The third-order valence-corrected chi connectivity index (χ3v) is 17.4. The summed E-state index contributed by atoms with van der Waals surface area (Å²) in [6.07, 6.45) is 83.6. The van der Waals surface area contributed by atoms with Crippen molar-refractivity contribution in [1.29, 1.82) is 0 Å². The van der Waals surface area contributed by atoms with E-state index in [2.05, 4.69) is 74.7 Å². The Kier molecular flexibility index (Phi) is 62.9. The van der Waals surface area contributed by atoms with Crippen molar-refractivity contribution in [2.75, 3.05) is 40.9 Å². The molecule has 0 fully saturated rings. The summed E-state index contributed by atoms with van der Waals surface area (Å²) in [6, 6.07) is -0.902. The molecule has 0 rings (SSSR count). The van der Waals surface area contributed by atoms with E-state index in [4.69, 9.17) is 13.8 Å². The number of esters is 1. The molecule has 0 spiro atoms. The van der Waals surface area contributed by atoms with E-state index in [0.717, 1.165) is 77.0 Å². The molecule has 0 saturated heterocycles. The molecule has 1 N–H and O–H groups in total. The Morgan fingerprint density at radius 2 is 0.718 bits per heavy atom. The highest BCUT2D eigenvalue weighted by atomic mass is 31.2. The molecule has 9 nitrogen and oxygen atoms in total. The number of carbonyl (C=O) groups is 2. The van der Waals surface area contributed by atoms with E-state index in [-0.39, 0.29) is 24.9 Å². The number of likely N-dealkylation sites (N-methyl/N-ethyl adjacent to an activating group) is 1. The van der Waals surface area contributed by atoms with Crippen molar-refractivity contribution in [2.45, 2.75) is 367 Å². The average Bonchev–Trinajstić information content (AvgIpc) is 3.50. The first-order valence-electron chi connectivity index (χ1n) is 36.6. The first-order chi connectivity index (χ1) is 41.4. The number of quaternary nitrogens is 1. The largest absolute Gasteiger partial charge is 0.756 e. The molecule has 0 aliphatic rings. The maximum atomic E-state index is 13.6. The molecule has 10 heteroatoms. The van der Waals surface area contributed by atoms with Crippen molar-refractivity contribution in [3.63, 3.8) is 0 Å². The number of nitrogens with one attached hydrogen (secondary N) is 1. The summed E-state index contributed by atoms with van der Waals surface area (Å²) < 4.78 is 30.4. The first-order valence-corrected chi connectivity index (χ1v) is 38.1. The fraction of sp³-hybridized carbons (Fsp3) is 0.840. The lowest BCUT2D eigenvalue weighted by Crippen LogP contribution is -2.47. The van der Waals surface area contributed by atoms with Gasteiger partial charge in [-0.05, 0) is 76.7 Å². The fourth-order valence-corrected chi connectivity index (χ4v) is 11.5. The van der Waals surface area contributed by atoms with Gasteiger partial charge in [0.15, 0.2) is 0 Å². The number of hydrogen-bond acceptors (Lipinski definition) is 7. The minimum absolute atomic E-state index is 0.0272. The Morgan fingerprint density at radius 1 is 0.412 bits per heavy atom. The van der Waals surface area contributed by atoms with Crippen LogP contribution in [0.2, 0.25) is 0 Å². The van der Waals surface area contributed by atoms with Crippen LogP contribution in [0.5, 0.6) is 0 Å². The van der Waals surface area contributed by atoms with Gasteiger partial charge in [-0.25, -0.2) is 0 Å². The van der Waals surface area contributed by atoms with Gasteiger partial charge in [-0.3, -0.25) is 14.2 Å². The molecular formula is C75H141N2O7P. The highest BCUT2D eigenvalue weighted by Crippen LogP contribution is 2.38. The van der Waals surface area contributed by atoms with Crippen LogP contribution in [-0.2, 0) is 27.9 Å². The van der Waals surface area contributed by atoms with E-state index in [9.17, 15) is 19.0 Å². The summed E-state index contributed by atoms with van der Waals surface area (Å²) in [5.41, 5.74) is 0. The molecular weight excluding hydrogens is 1070 g/mol. The zero-order valence-electron chi connectivity index (χ0n) is 57.1. The van der Waals surface area contributed by atoms with E-state index >= 15 is 0 Å². The van der Waals surface area contributed by atoms with E-state index < -0.39 is 26.6 Å². The number of carbonyl (C=O) groups excluding carboxylic acids is 2. The zero-order valence-corrected chi connectivity index (χ0v) is 58.0. The van der Waals surface area contributed by atoms with Crippen LogP contribution < -0.4 is 10.2 Å². The third-order valence-electron chi connectivity index (χ3n) is 16.5. The van der Waals surface area contributed by atoms with Crippen molar-refractivity contribution >= 4 is 19.7 Å². The smallest absolute Gasteiger partial charge is 0.306 e. The molecule has 0 radical (unpaired) electrons. The number of phosphoric acid groups is 1. The summed E-state index contributed by atoms with van der Waals surface area (Å²) in [5.74, 6) is -0.562. The minimum atomic E-state index is -4.71. The lowest BCUT2D eigenvalue weighted by Gasteiger charge is -2.30. The van der Waals surface area contributed by atoms with Gasteiger partial charge in [0.05, 0.1) is 33.8 Å². The monoisotopic (exact) mass is 1210 g/mol. The topological polar surface area (TPSA) is 114 Å². The summed E-state index contributed by atoms with van der Waals surface area (Å²) >= 11 is 0. The van der Waals surface area contributed by atoms with Crippen LogP contribution >= 0.6 is 7.82 Å². The summed E-state index contributed by atoms with van der Waals surface area (Å²) in [4.78, 5) is 40.2. The van der Waals surface area contributed by atoms with Crippen LogP contribution in [0.4, 0.5) is 0 Å². The Morgan fingerprint density at radius 3 is 1.11 bits per heavy atom. The number of amides is 1. The van der Waals surface area contributed by atoms with Crippen LogP contribution in [0.3, 0.4) is 0 Å². The molecule has 3 unspecified atom stereocenters. The zero-order chi connectivity index (χ0) is 62.1. The maximum Gasteiger partial charge on any atom is 0.306 e. The van der Waals surface area contributed by atoms with Crippen LogP contribution in [0.25, 0.3) is 0 Å². The van der Waals surface area contributed by atoms with Gasteiger partial charge in [0, 0.05) is 12.8 Å². The number of unbranched alkanes of at least 4 members (excludes halogenated alkanes) is 43. The van der Waals surface area contributed by atoms with Gasteiger partial charge in [-0.1, -0.05) is 326 Å². The van der Waals surface area contributed by atoms with Crippen LogP contribution in [-0.4, -0.2) is 69.4 Å². The molecule has 0 aliphatic heterocycles. The van der Waals surface area contributed by atoms with Gasteiger partial charge in [0.25, 0.3) is 7.82 Å². The predicted molar refractivity (Wildman–Crippen MR) is 367 cm³/mol. The van der Waals surface area contributed by atoms with Crippen molar-refractivity contribution < 1.29 is 37.3 Å². The lowest BCUT2D eigenvalue weighted by molar-refractivity contribution is -0.870. The Balaban J connectivity index is 5.06. The predicted octanol–water partition coefficient (Wildman–Crippen LogP) is 22.7. The SMILES string of the molecule is CCCCC/C=C\C/C=C\C/C=C\C/C=C\CCCCCC(=O)OC(/C=C\CCCCCCCCCCCCC)C(COP(=O)([O-])OCC[N+](C)(C)C)NC(=O)CCCCCCCCCCCCCCCCCCCCCCCCCCCCC. The molecule has 0 aromatic rings. The molecule has 498 valence electrons. The lowest BCUT2D eigenvalue weighted by atomic mass is 10.0. The first kappa shape index (κ1) is 82.7. The van der Waals surface area contributed by atoms with Crippen LogP contribution in [0.1, 0.15) is 355 Å². The number of nitrogens with zero attached hydrogens (tertiary/aromatic N) is 1. The average molecular weight is 1210 g/mol. The maximum absolute atomic E-state index is 13.6. The standard InChI is InChI=1S/C75H141N2O7P/c1-7-10-13-16-19-22-25-28-30-32-34-35-36-37-38-39-40-41-43-44-46-49-52-55-58-61-64-67-74(78)76-72(71-83-85(80,81)82-70-69-77(4,5)6)73(66-63-60-57-54-51-48-27-24-21-18-15-12-9-3)84-75(79)68-65-62-59-56-53-50-47-45-42-33-31-29-26-23-20-17-14-11-8-2/h20,23,29,31,42,45,50,53,63,66,72-73H,7-19,21-22,24-28,30,32-41,43-44,46-49,51-52,54-62,64-65,67-71H2,1-6H3,(H-,76,78,80,81)/b23-20-,31-29-,45-42-,53-50-,66-63-. The number of phosphoric ester groups is 1. The molecule has 0 aliphatic carbocycles. The second-order valence-electron chi connectivity index (χ2n) is 26.1. The van der Waals surface area contributed by atoms with Crippen molar-refractivity contribution in [1.82, 2.24) is 5.32 Å². The van der Waals surface area contributed by atoms with Gasteiger partial charge in [-0.15, -0.1) is 0 Å². The molecule has 0 saturated carbocycles. The van der Waals surface area contributed by atoms with Crippen molar-refractivity contribution in [3.05, 3.63) is 60.8 Å². The van der Waals surface area contributed by atoms with Gasteiger partial charge in [0.2, 0.25) is 5.91 Å². The normalized spacial score (nSPS) is 13.8. The summed E-state index contributed by atoms with van der Waals surface area (Å²) in [5, 5.41) is 3.04. The van der Waals surface area contributed by atoms with Gasteiger partial charge < -0.3 is 28.5 Å².